The molecule has 8 atom stereocenters. The number of carbonyl (C=O) groups is 4. The fourth-order valence-corrected chi connectivity index (χ4v) is 4.80. The molecule has 222 valence electrons. The summed E-state index contributed by atoms with van der Waals surface area (Å²) in [5, 5.41) is 41.1. The second-order valence-electron chi connectivity index (χ2n) is 10.8. The van der Waals surface area contributed by atoms with Crippen molar-refractivity contribution in [3.05, 3.63) is 0 Å². The Hall–Kier alpha value is -2.08. The SMILES string of the molecule is CN[C@@H](C)C(=O)N(C)[C@H](C(=O)N(C)[C@H](C(=O)CC(O)C(=O)O)[C@H](C)CCCC(C)O)[C@@H](C)CCCC(C)O. The van der Waals surface area contributed by atoms with Gasteiger partial charge >= 0.3 is 5.97 Å². The Balaban J connectivity index is 6.21. The molecule has 0 radical (unpaired) electrons. The highest BCUT2D eigenvalue weighted by Gasteiger charge is 2.40. The molecule has 3 unspecified atom stereocenters. The average Bonchev–Trinajstić information content (AvgIpc) is 2.82. The highest BCUT2D eigenvalue weighted by Crippen LogP contribution is 2.25. The van der Waals surface area contributed by atoms with Crippen molar-refractivity contribution < 1.29 is 39.6 Å². The van der Waals surface area contributed by atoms with Crippen LogP contribution in [0.4, 0.5) is 0 Å². The zero-order valence-corrected chi connectivity index (χ0v) is 24.4. The van der Waals surface area contributed by atoms with Crippen molar-refractivity contribution in [2.75, 3.05) is 21.1 Å². The van der Waals surface area contributed by atoms with Gasteiger partial charge < -0.3 is 35.5 Å². The molecule has 38 heavy (non-hydrogen) atoms. The molecule has 0 aromatic rings. The lowest BCUT2D eigenvalue weighted by atomic mass is 9.87. The first-order chi connectivity index (χ1) is 17.6. The minimum Gasteiger partial charge on any atom is -0.479 e. The van der Waals surface area contributed by atoms with Crippen LogP contribution >= 0.6 is 0 Å². The van der Waals surface area contributed by atoms with Gasteiger partial charge in [-0.2, -0.15) is 0 Å². The molecule has 11 nitrogen and oxygen atoms in total. The molecule has 2 amide bonds. The first-order valence-corrected chi connectivity index (χ1v) is 13.6. The van der Waals surface area contributed by atoms with Gasteiger partial charge in [0.25, 0.3) is 0 Å². The van der Waals surface area contributed by atoms with Gasteiger partial charge in [-0.05, 0) is 65.3 Å². The summed E-state index contributed by atoms with van der Waals surface area (Å²) in [6.07, 6.45) is -0.250. The predicted octanol–water partition coefficient (Wildman–Crippen LogP) is 1.03. The zero-order valence-electron chi connectivity index (χ0n) is 24.4. The topological polar surface area (TPSA) is 168 Å². The number of carbonyl (C=O) groups excluding carboxylic acids is 3. The lowest BCUT2D eigenvalue weighted by molar-refractivity contribution is -0.153. The van der Waals surface area contributed by atoms with Gasteiger partial charge in [0.05, 0.1) is 24.3 Å². The summed E-state index contributed by atoms with van der Waals surface area (Å²) in [5.41, 5.74) is 0. The molecule has 0 fully saturated rings. The molecule has 0 bridgehead atoms. The third kappa shape index (κ3) is 11.8. The van der Waals surface area contributed by atoms with Crippen LogP contribution in [0, 0.1) is 11.8 Å². The number of aliphatic hydroxyl groups excluding tert-OH is 3. The van der Waals surface area contributed by atoms with E-state index in [1.165, 1.54) is 16.8 Å². The molecular formula is C27H51N3O8. The highest BCUT2D eigenvalue weighted by atomic mass is 16.4. The summed E-state index contributed by atoms with van der Waals surface area (Å²) in [6, 6.07) is -2.47. The number of aliphatic carboxylic acids is 1. The number of hydrogen-bond acceptors (Lipinski definition) is 8. The summed E-state index contributed by atoms with van der Waals surface area (Å²) >= 11 is 0. The van der Waals surface area contributed by atoms with Gasteiger partial charge in [-0.25, -0.2) is 4.79 Å². The molecule has 0 saturated heterocycles. The largest absolute Gasteiger partial charge is 0.479 e. The minimum atomic E-state index is -1.89. The Morgan fingerprint density at radius 3 is 1.53 bits per heavy atom. The molecule has 0 aliphatic rings. The maximum Gasteiger partial charge on any atom is 0.332 e. The van der Waals surface area contributed by atoms with E-state index in [4.69, 9.17) is 5.11 Å². The normalized spacial score (nSPS) is 17.9. The van der Waals surface area contributed by atoms with Gasteiger partial charge in [-0.15, -0.1) is 0 Å². The van der Waals surface area contributed by atoms with E-state index in [1.807, 2.05) is 6.92 Å². The maximum absolute atomic E-state index is 14.0. The van der Waals surface area contributed by atoms with Crippen molar-refractivity contribution in [2.45, 2.75) is 116 Å². The Morgan fingerprint density at radius 2 is 1.13 bits per heavy atom. The highest BCUT2D eigenvalue weighted by molar-refractivity contribution is 5.95. The molecule has 0 heterocycles. The summed E-state index contributed by atoms with van der Waals surface area (Å²) in [5.74, 6) is -3.55. The first-order valence-electron chi connectivity index (χ1n) is 13.6. The molecule has 5 N–H and O–H groups in total. The van der Waals surface area contributed by atoms with Crippen LogP contribution in [-0.4, -0.2) is 111 Å². The van der Waals surface area contributed by atoms with E-state index in [9.17, 15) is 34.5 Å². The number of carboxylic acid groups (broad SMARTS) is 1. The van der Waals surface area contributed by atoms with Crippen molar-refractivity contribution >= 4 is 23.6 Å². The van der Waals surface area contributed by atoms with Crippen LogP contribution in [0.5, 0.6) is 0 Å². The number of nitrogens with zero attached hydrogens (tertiary/aromatic N) is 2. The smallest absolute Gasteiger partial charge is 0.332 e. The molecule has 0 aliphatic carbocycles. The molecule has 0 saturated carbocycles. The van der Waals surface area contributed by atoms with E-state index < -0.39 is 60.5 Å². The van der Waals surface area contributed by atoms with Gasteiger partial charge in [0, 0.05) is 20.5 Å². The van der Waals surface area contributed by atoms with Gasteiger partial charge in [-0.1, -0.05) is 26.7 Å². The van der Waals surface area contributed by atoms with Gasteiger partial charge in [0.15, 0.2) is 11.9 Å². The number of likely N-dealkylation sites (N-methyl/N-ethyl adjacent to an activating group) is 3. The number of aliphatic hydroxyl groups is 3. The molecular weight excluding hydrogens is 494 g/mol. The average molecular weight is 546 g/mol. The fourth-order valence-electron chi connectivity index (χ4n) is 4.80. The number of Topliss-reactive ketones (excluding diaryl/α,β-unsaturated/α-hetero) is 1. The summed E-state index contributed by atoms with van der Waals surface area (Å²) in [6.45, 7) is 8.66. The molecule has 0 aliphatic heterocycles. The van der Waals surface area contributed by atoms with Crippen molar-refractivity contribution in [3.8, 4) is 0 Å². The summed E-state index contributed by atoms with van der Waals surface area (Å²) < 4.78 is 0. The third-order valence-corrected chi connectivity index (χ3v) is 7.24. The van der Waals surface area contributed by atoms with Crippen molar-refractivity contribution in [2.24, 2.45) is 11.8 Å². The van der Waals surface area contributed by atoms with E-state index >= 15 is 0 Å². The van der Waals surface area contributed by atoms with E-state index in [2.05, 4.69) is 5.32 Å². The van der Waals surface area contributed by atoms with Crippen LogP contribution in [0.15, 0.2) is 0 Å². The molecule has 0 rings (SSSR count). The van der Waals surface area contributed by atoms with E-state index in [1.54, 1.807) is 41.8 Å². The maximum atomic E-state index is 14.0. The van der Waals surface area contributed by atoms with E-state index in [0.717, 1.165) is 0 Å². The van der Waals surface area contributed by atoms with Crippen LogP contribution in [0.2, 0.25) is 0 Å². The Kier molecular flexibility index (Phi) is 16.5. The number of amides is 2. The van der Waals surface area contributed by atoms with Crippen molar-refractivity contribution in [3.63, 3.8) is 0 Å². The predicted molar refractivity (Wildman–Crippen MR) is 144 cm³/mol. The molecule has 0 aromatic carbocycles. The Labute approximate surface area is 227 Å². The summed E-state index contributed by atoms with van der Waals surface area (Å²) in [7, 11) is 4.66. The lowest BCUT2D eigenvalue weighted by Crippen LogP contribution is -2.58. The van der Waals surface area contributed by atoms with Crippen LogP contribution in [0.3, 0.4) is 0 Å². The molecule has 11 heteroatoms. The quantitative estimate of drug-likeness (QED) is 0.159. The Morgan fingerprint density at radius 1 is 0.711 bits per heavy atom. The Bertz CT molecular complexity index is 761. The van der Waals surface area contributed by atoms with Crippen molar-refractivity contribution in [1.29, 1.82) is 0 Å². The minimum absolute atomic E-state index is 0.296. The van der Waals surface area contributed by atoms with Gasteiger partial charge in [-0.3, -0.25) is 14.4 Å². The molecule has 0 aromatic heterocycles. The number of nitrogens with one attached hydrogen (secondary N) is 1. The standard InChI is InChI=1S/C27H51N3O8/c1-16(11-9-13-18(3)31)23(21(33)15-22(34)27(37)38)29(7)26(36)24(17(2)12-10-14-19(4)32)30(8)25(35)20(5)28-6/h16-20,22-24,28,31-32,34H,9-15H2,1-8H3,(H,37,38)/t16-,17+,18?,19?,20+,22?,23+,24+/m1/s1. The number of ketones is 1. The van der Waals surface area contributed by atoms with Crippen LogP contribution < -0.4 is 5.32 Å². The van der Waals surface area contributed by atoms with Crippen LogP contribution in [-0.2, 0) is 19.2 Å². The van der Waals surface area contributed by atoms with E-state index in [-0.39, 0.29) is 17.7 Å². The second kappa shape index (κ2) is 17.5. The second-order valence-corrected chi connectivity index (χ2v) is 10.8. The fraction of sp³-hybridized carbons (Fsp3) is 0.852. The van der Waals surface area contributed by atoms with Gasteiger partial charge in [0.1, 0.15) is 6.04 Å². The van der Waals surface area contributed by atoms with Crippen LogP contribution in [0.1, 0.15) is 79.6 Å². The summed E-state index contributed by atoms with van der Waals surface area (Å²) in [4.78, 5) is 54.2. The number of hydrogen-bond donors (Lipinski definition) is 5. The van der Waals surface area contributed by atoms with Gasteiger partial charge in [0.2, 0.25) is 11.8 Å². The van der Waals surface area contributed by atoms with Crippen LogP contribution in [0.25, 0.3) is 0 Å². The third-order valence-electron chi connectivity index (χ3n) is 7.24. The lowest BCUT2D eigenvalue weighted by Gasteiger charge is -2.39. The van der Waals surface area contributed by atoms with Crippen molar-refractivity contribution in [1.82, 2.24) is 15.1 Å². The monoisotopic (exact) mass is 545 g/mol. The zero-order chi connectivity index (χ0) is 29.7. The molecule has 0 spiro atoms. The number of carboxylic acids is 1. The van der Waals surface area contributed by atoms with E-state index in [0.29, 0.717) is 38.5 Å². The number of rotatable bonds is 19. The first kappa shape index (κ1) is 35.9.